The maximum Gasteiger partial charge on any atom is 0.414 e. The van der Waals surface area contributed by atoms with Gasteiger partial charge in [0.2, 0.25) is 5.78 Å². The van der Waals surface area contributed by atoms with Crippen LogP contribution in [0.25, 0.3) is 21.8 Å². The Balaban J connectivity index is 0.917. The molecular weight excluding hydrogens is 676 g/mol. The number of hydrogen-bond acceptors (Lipinski definition) is 7. The van der Waals surface area contributed by atoms with Crippen LogP contribution in [0, 0.1) is 5.92 Å². The highest BCUT2D eigenvalue weighted by atomic mass is 16.6. The number of amides is 3. The number of esters is 1. The Labute approximate surface area is 302 Å². The number of piperidine rings is 1. The van der Waals surface area contributed by atoms with Crippen LogP contribution in [0.2, 0.25) is 0 Å². The van der Waals surface area contributed by atoms with Crippen molar-refractivity contribution in [2.45, 2.75) is 51.0 Å². The van der Waals surface area contributed by atoms with Gasteiger partial charge in [0.25, 0.3) is 11.8 Å². The Kier molecular flexibility index (Phi) is 6.26. The number of aromatic nitrogens is 3. The van der Waals surface area contributed by atoms with Crippen LogP contribution in [0.1, 0.15) is 85.8 Å². The molecule has 1 saturated carbocycles. The van der Waals surface area contributed by atoms with Gasteiger partial charge >= 0.3 is 12.1 Å². The normalized spacial score (nSPS) is 21.0. The zero-order valence-corrected chi connectivity index (χ0v) is 29.6. The third kappa shape index (κ3) is 4.39. The topological polar surface area (TPSA) is 161 Å². The van der Waals surface area contributed by atoms with Gasteiger partial charge in [0, 0.05) is 70.0 Å². The highest BCUT2D eigenvalue weighted by Gasteiger charge is 2.68. The average Bonchev–Trinajstić information content (AvgIpc) is 3.85. The summed E-state index contributed by atoms with van der Waals surface area (Å²) in [6.07, 6.45) is 3.12. The fourth-order valence-electron chi connectivity index (χ4n) is 9.17. The predicted octanol–water partition coefficient (Wildman–Crippen LogP) is 5.76. The van der Waals surface area contributed by atoms with Crippen molar-refractivity contribution < 1.29 is 33.4 Å². The second kappa shape index (κ2) is 10.5. The summed E-state index contributed by atoms with van der Waals surface area (Å²) in [5.41, 5.74) is 6.98. The first kappa shape index (κ1) is 31.6. The summed E-state index contributed by atoms with van der Waals surface area (Å²) in [6.45, 7) is 6.87. The molecule has 2 aliphatic carbocycles. The summed E-state index contributed by atoms with van der Waals surface area (Å²) in [5.74, 6) is -0.959. The summed E-state index contributed by atoms with van der Waals surface area (Å²) in [7, 11) is 1.34. The molecule has 6 heterocycles. The van der Waals surface area contributed by atoms with E-state index in [1.54, 1.807) is 26.8 Å². The number of nitrogens with one attached hydrogen (secondary N) is 3. The maximum absolute atomic E-state index is 14.1. The van der Waals surface area contributed by atoms with Gasteiger partial charge in [0.1, 0.15) is 22.7 Å². The predicted molar refractivity (Wildman–Crippen MR) is 195 cm³/mol. The summed E-state index contributed by atoms with van der Waals surface area (Å²) >= 11 is 0. The Morgan fingerprint density at radius 3 is 1.98 bits per heavy atom. The quantitative estimate of drug-likeness (QED) is 0.201. The molecule has 10 rings (SSSR count). The van der Waals surface area contributed by atoms with Crippen LogP contribution in [0.3, 0.4) is 0 Å². The number of allylic oxidation sites excluding steroid dienone is 2. The van der Waals surface area contributed by atoms with Crippen molar-refractivity contribution in [1.82, 2.24) is 19.9 Å². The lowest BCUT2D eigenvalue weighted by Crippen LogP contribution is -2.37. The molecule has 13 heteroatoms. The first-order valence-corrected chi connectivity index (χ1v) is 17.9. The fraction of sp³-hybridized carbons (Fsp3) is 0.325. The number of benzene rings is 2. The summed E-state index contributed by atoms with van der Waals surface area (Å²) in [6, 6.07) is 13.0. The minimum absolute atomic E-state index is 0.154. The van der Waals surface area contributed by atoms with Gasteiger partial charge in [-0.2, -0.15) is 0 Å². The third-order valence-electron chi connectivity index (χ3n) is 11.6. The molecule has 3 aromatic heterocycles. The number of carbonyl (C=O) groups is 5. The van der Waals surface area contributed by atoms with Gasteiger partial charge in [0.05, 0.1) is 12.8 Å². The standard InChI is InChI=1S/C40H36N6O7/c1-39(2,3)53-38(51)46-18-19-17-40(19)24-15-28(43-34(24)32(47)16-33(40)46)36(49)45-12-9-20-22-13-27(41-25(22)5-7-30(20)45)35(48)44-11-10-21-23-14-29(37(50)52-4)42-26(23)6-8-31(21)44/h5-8,13-16,19,41-43H,9-12,17-18H2,1-4H3/t19-,40-/m0/s1. The van der Waals surface area contributed by atoms with Crippen molar-refractivity contribution in [2.75, 3.05) is 36.5 Å². The zero-order chi connectivity index (χ0) is 36.7. The average molecular weight is 713 g/mol. The van der Waals surface area contributed by atoms with Gasteiger partial charge in [0.15, 0.2) is 0 Å². The maximum atomic E-state index is 14.1. The molecule has 0 bridgehead atoms. The number of aromatic amines is 3. The zero-order valence-electron chi connectivity index (χ0n) is 29.6. The van der Waals surface area contributed by atoms with E-state index < -0.39 is 23.1 Å². The van der Waals surface area contributed by atoms with Gasteiger partial charge in [-0.15, -0.1) is 0 Å². The number of carbonyl (C=O) groups excluding carboxylic acids is 5. The molecule has 5 aromatic rings. The van der Waals surface area contributed by atoms with Gasteiger partial charge in [-0.25, -0.2) is 9.59 Å². The van der Waals surface area contributed by atoms with Gasteiger partial charge in [-0.1, -0.05) is 0 Å². The van der Waals surface area contributed by atoms with Crippen molar-refractivity contribution in [1.29, 1.82) is 0 Å². The smallest absolute Gasteiger partial charge is 0.414 e. The van der Waals surface area contributed by atoms with E-state index in [-0.39, 0.29) is 23.5 Å². The highest BCUT2D eigenvalue weighted by Crippen LogP contribution is 2.66. The summed E-state index contributed by atoms with van der Waals surface area (Å²) in [4.78, 5) is 81.3. The Morgan fingerprint density at radius 2 is 1.38 bits per heavy atom. The van der Waals surface area contributed by atoms with Crippen LogP contribution in [0.15, 0.2) is 54.2 Å². The van der Waals surface area contributed by atoms with E-state index in [1.165, 1.54) is 13.2 Å². The largest absolute Gasteiger partial charge is 0.464 e. The molecule has 2 aromatic carbocycles. The molecule has 1 spiro atoms. The van der Waals surface area contributed by atoms with Crippen molar-refractivity contribution in [3.05, 3.63) is 93.7 Å². The first-order chi connectivity index (χ1) is 25.4. The van der Waals surface area contributed by atoms with Crippen molar-refractivity contribution in [3.8, 4) is 0 Å². The van der Waals surface area contributed by atoms with Crippen molar-refractivity contribution >= 4 is 62.8 Å². The summed E-state index contributed by atoms with van der Waals surface area (Å²) < 4.78 is 10.5. The van der Waals surface area contributed by atoms with Crippen molar-refractivity contribution in [2.24, 2.45) is 5.92 Å². The van der Waals surface area contributed by atoms with Crippen LogP contribution in [0.4, 0.5) is 16.2 Å². The molecule has 53 heavy (non-hydrogen) atoms. The molecule has 268 valence electrons. The number of likely N-dealkylation sites (tertiary alicyclic amines) is 1. The summed E-state index contributed by atoms with van der Waals surface area (Å²) in [5, 5.41) is 1.77. The van der Waals surface area contributed by atoms with Crippen LogP contribution in [0.5, 0.6) is 0 Å². The lowest BCUT2D eigenvalue weighted by molar-refractivity contribution is 0.0321. The van der Waals surface area contributed by atoms with Crippen LogP contribution < -0.4 is 9.80 Å². The minimum atomic E-state index is -0.666. The van der Waals surface area contributed by atoms with E-state index in [0.717, 1.165) is 56.3 Å². The molecule has 2 atom stereocenters. The number of anilines is 2. The van der Waals surface area contributed by atoms with E-state index in [2.05, 4.69) is 15.0 Å². The monoisotopic (exact) mass is 712 g/mol. The Morgan fingerprint density at radius 1 is 0.792 bits per heavy atom. The van der Waals surface area contributed by atoms with E-state index in [1.807, 2.05) is 51.1 Å². The van der Waals surface area contributed by atoms with Gasteiger partial charge in [-0.05, 0) is 105 Å². The van der Waals surface area contributed by atoms with Crippen LogP contribution >= 0.6 is 0 Å². The Bertz CT molecular complexity index is 2560. The second-order valence-electron chi connectivity index (χ2n) is 15.6. The minimum Gasteiger partial charge on any atom is -0.464 e. The lowest BCUT2D eigenvalue weighted by Gasteiger charge is -2.30. The molecule has 0 unspecified atom stereocenters. The number of fused-ring (bicyclic) bond motifs is 7. The molecular formula is C40H36N6O7. The Hall–Kier alpha value is -6.11. The number of hydrogen-bond donors (Lipinski definition) is 3. The molecule has 5 aliphatic rings. The third-order valence-corrected chi connectivity index (χ3v) is 11.6. The molecule has 3 N–H and O–H groups in total. The number of rotatable bonds is 3. The van der Waals surface area contributed by atoms with E-state index in [4.69, 9.17) is 9.47 Å². The number of H-pyrrole nitrogens is 3. The van der Waals surface area contributed by atoms with Crippen LogP contribution in [-0.2, 0) is 27.7 Å². The van der Waals surface area contributed by atoms with Crippen LogP contribution in [-0.4, -0.2) is 81.9 Å². The molecule has 2 fully saturated rings. The van der Waals surface area contributed by atoms with Gasteiger partial charge in [-0.3, -0.25) is 19.3 Å². The van der Waals surface area contributed by atoms with E-state index in [0.29, 0.717) is 60.9 Å². The molecule has 3 amide bonds. The molecule has 3 aliphatic heterocycles. The lowest BCUT2D eigenvalue weighted by atomic mass is 9.85. The van der Waals surface area contributed by atoms with Gasteiger partial charge < -0.3 is 34.2 Å². The van der Waals surface area contributed by atoms with E-state index >= 15 is 0 Å². The molecule has 0 radical (unpaired) electrons. The van der Waals surface area contributed by atoms with Crippen molar-refractivity contribution in [3.63, 3.8) is 0 Å². The van der Waals surface area contributed by atoms with E-state index in [9.17, 15) is 24.0 Å². The SMILES string of the molecule is COC(=O)c1cc2c3c(ccc2[nH]1)N(C(=O)c1cc2c4c(ccc2[nH]1)N(C(=O)c1cc2c([nH]1)C(=O)C=C1N(C(=O)OC(C)(C)C)C[C@@H]5C[C@@]125)CC4)CC3. The number of ether oxygens (including phenoxy) is 2. The second-order valence-corrected chi connectivity index (χ2v) is 15.6. The first-order valence-electron chi connectivity index (χ1n) is 17.9. The fourth-order valence-corrected chi connectivity index (χ4v) is 9.17. The number of ketones is 1. The number of methoxy groups -OCH3 is 1. The highest BCUT2D eigenvalue weighted by molar-refractivity contribution is 6.14. The molecule has 13 nitrogen and oxygen atoms in total. The number of nitrogens with zero attached hydrogens (tertiary/aromatic N) is 3. The molecule has 1 saturated heterocycles.